The van der Waals surface area contributed by atoms with Gasteiger partial charge >= 0.3 is 0 Å². The molecule has 0 fully saturated rings. The molecule has 128 valence electrons. The van der Waals surface area contributed by atoms with Gasteiger partial charge in [-0.3, -0.25) is 4.79 Å². The minimum atomic E-state index is -0.316. The summed E-state index contributed by atoms with van der Waals surface area (Å²) in [6.07, 6.45) is 0.780. The Labute approximate surface area is 145 Å². The Morgan fingerprint density at radius 2 is 1.67 bits per heavy atom. The topological polar surface area (TPSA) is 38.3 Å². The van der Waals surface area contributed by atoms with Crippen molar-refractivity contribution in [2.75, 3.05) is 6.61 Å². The monoisotopic (exact) mass is 325 g/mol. The SMILES string of the molecule is CC(C)c1ccc(OCC(=O)NC(C)(C)Cc2ccccc2)cc1. The highest BCUT2D eigenvalue weighted by molar-refractivity contribution is 5.78. The van der Waals surface area contributed by atoms with Gasteiger partial charge in [0.25, 0.3) is 5.91 Å². The van der Waals surface area contributed by atoms with Gasteiger partial charge in [-0.2, -0.15) is 0 Å². The van der Waals surface area contributed by atoms with Crippen molar-refractivity contribution < 1.29 is 9.53 Å². The van der Waals surface area contributed by atoms with Crippen molar-refractivity contribution in [1.82, 2.24) is 5.32 Å². The molecule has 0 saturated heterocycles. The van der Waals surface area contributed by atoms with E-state index in [1.807, 2.05) is 56.3 Å². The van der Waals surface area contributed by atoms with Gasteiger partial charge in [0.2, 0.25) is 0 Å². The van der Waals surface area contributed by atoms with Gasteiger partial charge < -0.3 is 10.1 Å². The molecule has 2 aromatic carbocycles. The molecule has 0 atom stereocenters. The lowest BCUT2D eigenvalue weighted by molar-refractivity contribution is -0.124. The maximum absolute atomic E-state index is 12.2. The minimum absolute atomic E-state index is 0.0270. The first kappa shape index (κ1) is 18.1. The van der Waals surface area contributed by atoms with Crippen LogP contribution in [0.15, 0.2) is 54.6 Å². The average molecular weight is 325 g/mol. The zero-order valence-electron chi connectivity index (χ0n) is 15.0. The zero-order valence-corrected chi connectivity index (χ0v) is 15.0. The predicted octanol–water partition coefficient (Wildman–Crippen LogP) is 4.33. The van der Waals surface area contributed by atoms with E-state index in [0.29, 0.717) is 5.92 Å². The molecule has 0 aromatic heterocycles. The molecule has 1 N–H and O–H groups in total. The number of hydrogen-bond donors (Lipinski definition) is 1. The van der Waals surface area contributed by atoms with Crippen molar-refractivity contribution in [1.29, 1.82) is 0 Å². The molecule has 0 spiro atoms. The van der Waals surface area contributed by atoms with Gasteiger partial charge in [0.15, 0.2) is 6.61 Å². The molecule has 0 aliphatic heterocycles. The molecule has 0 saturated carbocycles. The van der Waals surface area contributed by atoms with E-state index in [-0.39, 0.29) is 18.1 Å². The Balaban J connectivity index is 1.83. The summed E-state index contributed by atoms with van der Waals surface area (Å²) in [5.74, 6) is 1.10. The van der Waals surface area contributed by atoms with Gasteiger partial charge in [-0.1, -0.05) is 56.3 Å². The molecule has 2 aromatic rings. The average Bonchev–Trinajstić information content (AvgIpc) is 2.53. The summed E-state index contributed by atoms with van der Waals surface area (Å²) in [6.45, 7) is 8.38. The highest BCUT2D eigenvalue weighted by Crippen LogP contribution is 2.18. The molecular weight excluding hydrogens is 298 g/mol. The second kappa shape index (κ2) is 8.00. The maximum atomic E-state index is 12.2. The summed E-state index contributed by atoms with van der Waals surface area (Å²) < 4.78 is 5.59. The van der Waals surface area contributed by atoms with Crippen molar-refractivity contribution in [2.45, 2.75) is 45.6 Å². The smallest absolute Gasteiger partial charge is 0.258 e. The molecule has 0 radical (unpaired) electrons. The van der Waals surface area contributed by atoms with Crippen LogP contribution in [0.2, 0.25) is 0 Å². The van der Waals surface area contributed by atoms with Crippen LogP contribution in [0.3, 0.4) is 0 Å². The summed E-state index contributed by atoms with van der Waals surface area (Å²) in [5, 5.41) is 3.04. The van der Waals surface area contributed by atoms with Crippen molar-refractivity contribution in [3.8, 4) is 5.75 Å². The normalized spacial score (nSPS) is 11.4. The van der Waals surface area contributed by atoms with E-state index < -0.39 is 0 Å². The molecule has 0 bridgehead atoms. The van der Waals surface area contributed by atoms with Crippen LogP contribution in [0.25, 0.3) is 0 Å². The quantitative estimate of drug-likeness (QED) is 0.823. The van der Waals surface area contributed by atoms with Crippen molar-refractivity contribution in [3.63, 3.8) is 0 Å². The van der Waals surface area contributed by atoms with Gasteiger partial charge in [0, 0.05) is 5.54 Å². The Kier molecular flexibility index (Phi) is 6.02. The van der Waals surface area contributed by atoms with Crippen LogP contribution < -0.4 is 10.1 Å². The summed E-state index contributed by atoms with van der Waals surface area (Å²) >= 11 is 0. The van der Waals surface area contributed by atoms with E-state index in [1.165, 1.54) is 11.1 Å². The Morgan fingerprint density at radius 3 is 2.25 bits per heavy atom. The van der Waals surface area contributed by atoms with Gasteiger partial charge in [-0.05, 0) is 49.4 Å². The van der Waals surface area contributed by atoms with E-state index in [0.717, 1.165) is 12.2 Å². The summed E-state index contributed by atoms with van der Waals surface area (Å²) in [5.41, 5.74) is 2.15. The highest BCUT2D eigenvalue weighted by Gasteiger charge is 2.21. The van der Waals surface area contributed by atoms with Crippen LogP contribution in [0.4, 0.5) is 0 Å². The van der Waals surface area contributed by atoms with Gasteiger partial charge in [0.05, 0.1) is 0 Å². The van der Waals surface area contributed by atoms with Crippen LogP contribution >= 0.6 is 0 Å². The highest BCUT2D eigenvalue weighted by atomic mass is 16.5. The van der Waals surface area contributed by atoms with Crippen molar-refractivity contribution in [3.05, 3.63) is 65.7 Å². The van der Waals surface area contributed by atoms with Crippen molar-refractivity contribution >= 4 is 5.91 Å². The number of hydrogen-bond acceptors (Lipinski definition) is 2. The molecule has 3 nitrogen and oxygen atoms in total. The largest absolute Gasteiger partial charge is 0.484 e. The van der Waals surface area contributed by atoms with Gasteiger partial charge in [-0.25, -0.2) is 0 Å². The van der Waals surface area contributed by atoms with Crippen LogP contribution in [0, 0.1) is 0 Å². The number of amides is 1. The van der Waals surface area contributed by atoms with Gasteiger partial charge in [-0.15, -0.1) is 0 Å². The number of carbonyl (C=O) groups is 1. The standard InChI is InChI=1S/C21H27NO2/c1-16(2)18-10-12-19(13-11-18)24-15-20(23)22-21(3,4)14-17-8-6-5-7-9-17/h5-13,16H,14-15H2,1-4H3,(H,22,23). The van der Waals surface area contributed by atoms with Crippen LogP contribution in [-0.4, -0.2) is 18.1 Å². The van der Waals surface area contributed by atoms with E-state index >= 15 is 0 Å². The lowest BCUT2D eigenvalue weighted by atomic mass is 9.95. The number of carbonyl (C=O) groups excluding carboxylic acids is 1. The van der Waals surface area contributed by atoms with Gasteiger partial charge in [0.1, 0.15) is 5.75 Å². The Morgan fingerprint density at radius 1 is 1.04 bits per heavy atom. The molecule has 1 amide bonds. The first-order valence-corrected chi connectivity index (χ1v) is 8.43. The minimum Gasteiger partial charge on any atom is -0.484 e. The van der Waals surface area contributed by atoms with Crippen LogP contribution in [0.5, 0.6) is 5.75 Å². The summed E-state index contributed by atoms with van der Waals surface area (Å²) in [4.78, 5) is 12.2. The zero-order chi connectivity index (χ0) is 17.6. The third-order valence-electron chi connectivity index (χ3n) is 3.88. The molecule has 0 aliphatic rings. The fourth-order valence-corrected chi connectivity index (χ4v) is 2.66. The van der Waals surface area contributed by atoms with E-state index in [1.54, 1.807) is 0 Å². The van der Waals surface area contributed by atoms with Crippen LogP contribution in [0.1, 0.15) is 44.7 Å². The third-order valence-corrected chi connectivity index (χ3v) is 3.88. The third kappa shape index (κ3) is 5.73. The number of benzene rings is 2. The Bertz CT molecular complexity index is 645. The summed E-state index contributed by atoms with van der Waals surface area (Å²) in [6, 6.07) is 18.1. The summed E-state index contributed by atoms with van der Waals surface area (Å²) in [7, 11) is 0. The van der Waals surface area contributed by atoms with E-state index in [2.05, 4.69) is 31.3 Å². The molecule has 0 unspecified atom stereocenters. The van der Waals surface area contributed by atoms with Crippen molar-refractivity contribution in [2.24, 2.45) is 0 Å². The molecule has 0 heterocycles. The Hall–Kier alpha value is -2.29. The maximum Gasteiger partial charge on any atom is 0.258 e. The molecule has 0 aliphatic carbocycles. The lowest BCUT2D eigenvalue weighted by Crippen LogP contribution is -2.47. The number of rotatable bonds is 7. The lowest BCUT2D eigenvalue weighted by Gasteiger charge is -2.26. The second-order valence-electron chi connectivity index (χ2n) is 7.11. The number of ether oxygens (including phenoxy) is 1. The number of nitrogens with one attached hydrogen (secondary N) is 1. The van der Waals surface area contributed by atoms with E-state index in [4.69, 9.17) is 4.74 Å². The fourth-order valence-electron chi connectivity index (χ4n) is 2.66. The second-order valence-corrected chi connectivity index (χ2v) is 7.11. The van der Waals surface area contributed by atoms with Crippen LogP contribution in [-0.2, 0) is 11.2 Å². The fraction of sp³-hybridized carbons (Fsp3) is 0.381. The molecule has 24 heavy (non-hydrogen) atoms. The first-order valence-electron chi connectivity index (χ1n) is 8.43. The molecule has 3 heteroatoms. The first-order chi connectivity index (χ1) is 11.4. The predicted molar refractivity (Wildman–Crippen MR) is 98.4 cm³/mol. The molecular formula is C21H27NO2. The van der Waals surface area contributed by atoms with E-state index in [9.17, 15) is 4.79 Å². The molecule has 2 rings (SSSR count).